The molecule has 0 unspecified atom stereocenters. The molecule has 0 heterocycles. The summed E-state index contributed by atoms with van der Waals surface area (Å²) in [4.78, 5) is 33.4. The van der Waals surface area contributed by atoms with E-state index >= 15 is 0 Å². The van der Waals surface area contributed by atoms with E-state index in [1.807, 2.05) is 4.72 Å². The summed E-state index contributed by atoms with van der Waals surface area (Å²) >= 11 is 1.20. The lowest BCUT2D eigenvalue weighted by atomic mass is 10.6. The van der Waals surface area contributed by atoms with Crippen molar-refractivity contribution in [3.8, 4) is 0 Å². The first kappa shape index (κ1) is 24.0. The lowest BCUT2D eigenvalue weighted by molar-refractivity contribution is -0.164. The maximum absolute atomic E-state index is 11.5. The van der Waals surface area contributed by atoms with Crippen LogP contribution in [0.4, 0.5) is 0 Å². The highest BCUT2D eigenvalue weighted by Gasteiger charge is 2.16. The van der Waals surface area contributed by atoms with Crippen molar-refractivity contribution in [3.63, 3.8) is 0 Å². The van der Waals surface area contributed by atoms with Crippen LogP contribution in [0.5, 0.6) is 0 Å². The minimum atomic E-state index is -3.86. The van der Waals surface area contributed by atoms with Gasteiger partial charge >= 0.3 is 17.9 Å². The topological polar surface area (TPSA) is 159 Å². The Morgan fingerprint density at radius 3 is 1.92 bits per heavy atom. The fourth-order valence-corrected chi connectivity index (χ4v) is 3.85. The van der Waals surface area contributed by atoms with E-state index in [4.69, 9.17) is 0 Å². The van der Waals surface area contributed by atoms with Crippen LogP contribution in [0.3, 0.4) is 0 Å². The molecule has 0 fully saturated rings. The molecule has 0 spiro atoms. The van der Waals surface area contributed by atoms with Crippen LogP contribution in [0, 0.1) is 0 Å². The fraction of sp³-hybridized carbons (Fsp3) is 0.727. The van der Waals surface area contributed by atoms with Gasteiger partial charge in [0.1, 0.15) is 6.54 Å². The molecule has 0 atom stereocenters. The van der Waals surface area contributed by atoms with E-state index < -0.39 is 60.5 Å². The summed E-state index contributed by atoms with van der Waals surface area (Å²) < 4.78 is 60.2. The molecule has 146 valence electrons. The second-order valence-corrected chi connectivity index (χ2v) is 11.8. The van der Waals surface area contributed by atoms with Crippen LogP contribution < -0.4 is 4.72 Å². The number of hydrogen-bond acceptors (Lipinski definition) is 10. The average molecular weight is 515 g/mol. The Balaban J connectivity index is 4.02. The van der Waals surface area contributed by atoms with E-state index in [2.05, 4.69) is 14.2 Å². The maximum atomic E-state index is 11.5. The largest absolute Gasteiger partial charge is 0.463 e. The lowest BCUT2D eigenvalue weighted by Gasteiger charge is -2.07. The van der Waals surface area contributed by atoms with Gasteiger partial charge in [-0.3, -0.25) is 4.79 Å². The van der Waals surface area contributed by atoms with Gasteiger partial charge < -0.3 is 14.2 Å². The normalized spacial score (nSPS) is 11.6. The van der Waals surface area contributed by atoms with Crippen LogP contribution in [-0.4, -0.2) is 72.6 Å². The predicted octanol–water partition coefficient (Wildman–Crippen LogP) is -1.29. The summed E-state index contributed by atoms with van der Waals surface area (Å²) in [6.45, 7) is -0.466. The molecule has 0 radical (unpaired) electrons. The second kappa shape index (κ2) is 11.6. The number of esters is 3. The zero-order chi connectivity index (χ0) is 19.5. The van der Waals surface area contributed by atoms with Gasteiger partial charge in [0.15, 0.2) is 13.2 Å². The molecular formula is C11H18INO10S2. The molecule has 0 bridgehead atoms. The molecule has 0 aliphatic carbocycles. The molecule has 0 aromatic rings. The third kappa shape index (κ3) is 15.0. The highest BCUT2D eigenvalue weighted by molar-refractivity contribution is 14.2. The number of carbonyl (C=O) groups excluding carboxylic acids is 3. The van der Waals surface area contributed by atoms with Gasteiger partial charge in [0.25, 0.3) is 0 Å². The summed E-state index contributed by atoms with van der Waals surface area (Å²) in [5.41, 5.74) is 0. The van der Waals surface area contributed by atoms with Crippen molar-refractivity contribution in [1.82, 2.24) is 4.72 Å². The fourth-order valence-electron chi connectivity index (χ4n) is 1.24. The predicted molar refractivity (Wildman–Crippen MR) is 92.8 cm³/mol. The van der Waals surface area contributed by atoms with Gasteiger partial charge in [0.2, 0.25) is 17.0 Å². The van der Waals surface area contributed by atoms with Crippen molar-refractivity contribution in [3.05, 3.63) is 0 Å². The SMILES string of the molecule is CCOC(=O)COC(=O)COC(=O)CNS(=O)(=O)CCCS(=O)(=O)I. The molecule has 0 saturated carbocycles. The van der Waals surface area contributed by atoms with E-state index in [9.17, 15) is 31.2 Å². The number of sulfonamides is 1. The minimum absolute atomic E-state index is 0.120. The van der Waals surface area contributed by atoms with Crippen molar-refractivity contribution < 1.29 is 45.4 Å². The molecule has 11 nitrogen and oxygen atoms in total. The summed E-state index contributed by atoms with van der Waals surface area (Å²) in [5, 5.41) is 0. The lowest BCUT2D eigenvalue weighted by Crippen LogP contribution is -2.33. The number of ether oxygens (including phenoxy) is 3. The van der Waals surface area contributed by atoms with Gasteiger partial charge in [0, 0.05) is 0 Å². The Bertz CT molecular complexity index is 673. The summed E-state index contributed by atoms with van der Waals surface area (Å²) in [6, 6.07) is 0. The second-order valence-electron chi connectivity index (χ2n) is 4.36. The van der Waals surface area contributed by atoms with Crippen LogP contribution >= 0.6 is 21.2 Å². The van der Waals surface area contributed by atoms with Gasteiger partial charge in [0.05, 0.1) is 39.3 Å². The van der Waals surface area contributed by atoms with Gasteiger partial charge in [-0.25, -0.2) is 31.1 Å². The highest BCUT2D eigenvalue weighted by Crippen LogP contribution is 2.04. The van der Waals surface area contributed by atoms with Gasteiger partial charge in [-0.15, -0.1) is 0 Å². The number of hydrogen-bond donors (Lipinski definition) is 1. The molecule has 0 aliphatic rings. The highest BCUT2D eigenvalue weighted by atomic mass is 127. The first-order valence-corrected chi connectivity index (χ1v) is 12.7. The van der Waals surface area contributed by atoms with E-state index in [0.717, 1.165) is 0 Å². The Morgan fingerprint density at radius 2 is 1.40 bits per heavy atom. The molecule has 0 aromatic heterocycles. The minimum Gasteiger partial charge on any atom is -0.463 e. The van der Waals surface area contributed by atoms with Crippen molar-refractivity contribution >= 4 is 56.1 Å². The van der Waals surface area contributed by atoms with E-state index in [1.165, 1.54) is 21.2 Å². The molecule has 14 heteroatoms. The Hall–Kier alpha value is -1.00. The number of halogens is 1. The first-order valence-electron chi connectivity index (χ1n) is 6.81. The van der Waals surface area contributed by atoms with E-state index in [-0.39, 0.29) is 18.8 Å². The monoisotopic (exact) mass is 515 g/mol. The van der Waals surface area contributed by atoms with Crippen LogP contribution in [-0.2, 0) is 45.6 Å². The number of carbonyl (C=O) groups is 3. The van der Waals surface area contributed by atoms with Gasteiger partial charge in [-0.05, 0) is 13.3 Å². The summed E-state index contributed by atoms with van der Waals surface area (Å²) in [6.07, 6.45) is -0.129. The number of nitrogens with one attached hydrogen (secondary N) is 1. The smallest absolute Gasteiger partial charge is 0.344 e. The summed E-state index contributed by atoms with van der Waals surface area (Å²) in [7, 11) is -7.17. The molecule has 0 aliphatic heterocycles. The molecule has 0 amide bonds. The zero-order valence-electron chi connectivity index (χ0n) is 13.2. The molecule has 0 aromatic carbocycles. The van der Waals surface area contributed by atoms with Crippen molar-refractivity contribution in [1.29, 1.82) is 0 Å². The molecule has 0 rings (SSSR count). The quantitative estimate of drug-likeness (QED) is 0.143. The Kier molecular flexibility index (Phi) is 11.1. The summed E-state index contributed by atoms with van der Waals surface area (Å²) in [5.74, 6) is -3.60. The zero-order valence-corrected chi connectivity index (χ0v) is 17.0. The molecule has 0 saturated heterocycles. The van der Waals surface area contributed by atoms with Crippen molar-refractivity contribution in [2.45, 2.75) is 13.3 Å². The molecule has 25 heavy (non-hydrogen) atoms. The Labute approximate surface area is 157 Å². The third-order valence-electron chi connectivity index (χ3n) is 2.24. The van der Waals surface area contributed by atoms with E-state index in [1.54, 1.807) is 6.92 Å². The molecular weight excluding hydrogens is 497 g/mol. The van der Waals surface area contributed by atoms with Crippen LogP contribution in [0.2, 0.25) is 0 Å². The molecule has 1 N–H and O–H groups in total. The maximum Gasteiger partial charge on any atom is 0.344 e. The average Bonchev–Trinajstić information content (AvgIpc) is 2.47. The van der Waals surface area contributed by atoms with Crippen molar-refractivity contribution in [2.24, 2.45) is 0 Å². The van der Waals surface area contributed by atoms with Crippen LogP contribution in [0.15, 0.2) is 0 Å². The van der Waals surface area contributed by atoms with Crippen molar-refractivity contribution in [2.75, 3.05) is 37.9 Å². The van der Waals surface area contributed by atoms with Crippen LogP contribution in [0.1, 0.15) is 13.3 Å². The third-order valence-corrected chi connectivity index (χ3v) is 5.75. The van der Waals surface area contributed by atoms with Crippen LogP contribution in [0.25, 0.3) is 0 Å². The first-order chi connectivity index (χ1) is 11.4. The standard InChI is InChI=1S/C11H18INO10S2/c1-2-21-10(15)7-23-11(16)8-22-9(14)6-13-25(19,20)5-3-4-24(12,17)18/h13H,2-8H2,1H3. The van der Waals surface area contributed by atoms with Gasteiger partial charge in [-0.1, -0.05) is 0 Å². The number of rotatable bonds is 12. The van der Waals surface area contributed by atoms with E-state index in [0.29, 0.717) is 0 Å². The van der Waals surface area contributed by atoms with Gasteiger partial charge in [-0.2, -0.15) is 0 Å². The Morgan fingerprint density at radius 1 is 0.880 bits per heavy atom.